The minimum Gasteiger partial charge on any atom is -0.508 e. The van der Waals surface area contributed by atoms with E-state index in [1.54, 1.807) is 30.3 Å². The smallest absolute Gasteiger partial charge is 0.340 e. The lowest BCUT2D eigenvalue weighted by molar-refractivity contribution is 0.0226. The molecule has 182 valence electrons. The summed E-state index contributed by atoms with van der Waals surface area (Å²) in [6.07, 6.45) is 0. The van der Waals surface area contributed by atoms with Crippen LogP contribution in [0.5, 0.6) is 23.0 Å². The molecule has 0 fully saturated rings. The van der Waals surface area contributed by atoms with E-state index in [1.807, 2.05) is 42.5 Å². The number of fused-ring (bicyclic) bond motifs is 7. The van der Waals surface area contributed by atoms with E-state index in [-0.39, 0.29) is 17.2 Å². The fourth-order valence-corrected chi connectivity index (χ4v) is 5.65. The summed E-state index contributed by atoms with van der Waals surface area (Å²) in [5, 5.41) is 26.4. The second-order valence-electron chi connectivity index (χ2n) is 9.13. The highest BCUT2D eigenvalue weighted by Gasteiger charge is 2.54. The summed E-state index contributed by atoms with van der Waals surface area (Å²) < 4.78 is 12.5. The van der Waals surface area contributed by atoms with Crippen LogP contribution in [0.1, 0.15) is 27.0 Å². The fraction of sp³-hybridized carbons (Fsp3) is 0.0333. The number of phenolic OH excluding ortho intramolecular Hbond substituents is 2. The maximum Gasteiger partial charge on any atom is 0.340 e. The largest absolute Gasteiger partial charge is 0.508 e. The van der Waals surface area contributed by atoms with Gasteiger partial charge in [0.15, 0.2) is 5.60 Å². The average molecular weight is 499 g/mol. The molecule has 0 amide bonds. The number of hydrogen-bond donors (Lipinski definition) is 2. The van der Waals surface area contributed by atoms with E-state index in [4.69, 9.17) is 15.0 Å². The number of carbonyl (C=O) groups excluding carboxylic acids is 1. The van der Waals surface area contributed by atoms with Crippen LogP contribution in [0.15, 0.2) is 96.1 Å². The van der Waals surface area contributed by atoms with E-state index in [2.05, 4.69) is 10.0 Å². The zero-order valence-electron chi connectivity index (χ0n) is 19.6. The second-order valence-corrected chi connectivity index (χ2v) is 9.13. The van der Waals surface area contributed by atoms with Crippen molar-refractivity contribution in [2.24, 2.45) is 5.11 Å². The highest BCUT2D eigenvalue weighted by atomic mass is 16.6. The van der Waals surface area contributed by atoms with Gasteiger partial charge in [0.2, 0.25) is 0 Å². The molecular formula is C30H17N3O5. The first-order valence-corrected chi connectivity index (χ1v) is 11.8. The molecule has 2 heterocycles. The Kier molecular flexibility index (Phi) is 4.45. The Morgan fingerprint density at radius 3 is 2.34 bits per heavy atom. The van der Waals surface area contributed by atoms with Gasteiger partial charge in [-0.15, -0.1) is 0 Å². The van der Waals surface area contributed by atoms with Gasteiger partial charge in [-0.2, -0.15) is 0 Å². The van der Waals surface area contributed by atoms with Gasteiger partial charge in [-0.05, 0) is 51.7 Å². The minimum atomic E-state index is -1.40. The topological polar surface area (TPSA) is 125 Å². The summed E-state index contributed by atoms with van der Waals surface area (Å²) in [5.41, 5.74) is 11.6. The van der Waals surface area contributed by atoms with Crippen LogP contribution < -0.4 is 4.74 Å². The molecule has 0 saturated carbocycles. The van der Waals surface area contributed by atoms with Gasteiger partial charge in [0.25, 0.3) is 0 Å². The van der Waals surface area contributed by atoms with E-state index in [9.17, 15) is 15.0 Å². The van der Waals surface area contributed by atoms with Gasteiger partial charge < -0.3 is 19.7 Å². The van der Waals surface area contributed by atoms with Crippen LogP contribution in [0.3, 0.4) is 0 Å². The highest BCUT2D eigenvalue weighted by Crippen LogP contribution is 2.60. The van der Waals surface area contributed by atoms with Gasteiger partial charge in [-0.1, -0.05) is 59.7 Å². The second kappa shape index (κ2) is 7.77. The average Bonchev–Trinajstić information content (AvgIpc) is 3.21. The molecule has 1 spiro atoms. The maximum atomic E-state index is 13.3. The Labute approximate surface area is 215 Å². The SMILES string of the molecule is [N-]=[N+]=Nc1ccc(-c2cc(O)cc3c2C2(OC(=O)c4ccccc42)c2ccc(O)cc2O3)c2ccccc12. The number of hydrogen-bond acceptors (Lipinski definition) is 6. The van der Waals surface area contributed by atoms with Crippen molar-refractivity contribution in [2.45, 2.75) is 5.60 Å². The van der Waals surface area contributed by atoms with Crippen molar-refractivity contribution in [3.63, 3.8) is 0 Å². The van der Waals surface area contributed by atoms with Crippen molar-refractivity contribution in [1.29, 1.82) is 0 Å². The van der Waals surface area contributed by atoms with Crippen LogP contribution in [0, 0.1) is 0 Å². The van der Waals surface area contributed by atoms with Crippen molar-refractivity contribution >= 4 is 22.4 Å². The molecule has 0 aromatic heterocycles. The summed E-state index contributed by atoms with van der Waals surface area (Å²) in [7, 11) is 0. The Morgan fingerprint density at radius 1 is 0.737 bits per heavy atom. The lowest BCUT2D eigenvalue weighted by Crippen LogP contribution is -2.33. The van der Waals surface area contributed by atoms with E-state index in [1.165, 1.54) is 18.2 Å². The number of phenols is 2. The third-order valence-electron chi connectivity index (χ3n) is 7.12. The highest BCUT2D eigenvalue weighted by molar-refractivity contribution is 6.05. The number of nitrogens with zero attached hydrogens (tertiary/aromatic N) is 3. The summed E-state index contributed by atoms with van der Waals surface area (Å²) in [6, 6.07) is 25.9. The van der Waals surface area contributed by atoms with Gasteiger partial charge in [-0.3, -0.25) is 0 Å². The third kappa shape index (κ3) is 2.86. The molecule has 1 atom stereocenters. The predicted octanol–water partition coefficient (Wildman–Crippen LogP) is 7.43. The quantitative estimate of drug-likeness (QED) is 0.113. The van der Waals surface area contributed by atoms with Crippen molar-refractivity contribution in [1.82, 2.24) is 0 Å². The summed E-state index contributed by atoms with van der Waals surface area (Å²) >= 11 is 0. The summed E-state index contributed by atoms with van der Waals surface area (Å²) in [5.74, 6) is 0.0290. The van der Waals surface area contributed by atoms with E-state index in [0.717, 1.165) is 16.3 Å². The predicted molar refractivity (Wildman–Crippen MR) is 140 cm³/mol. The minimum absolute atomic E-state index is 0.0139. The summed E-state index contributed by atoms with van der Waals surface area (Å²) in [4.78, 5) is 16.2. The molecule has 0 aliphatic carbocycles. The van der Waals surface area contributed by atoms with Crippen molar-refractivity contribution < 1.29 is 24.5 Å². The molecule has 8 nitrogen and oxygen atoms in total. The van der Waals surface area contributed by atoms with Crippen molar-refractivity contribution in [3.05, 3.63) is 124 Å². The normalized spacial score (nSPS) is 16.7. The first-order chi connectivity index (χ1) is 18.5. The lowest BCUT2D eigenvalue weighted by atomic mass is 9.74. The van der Waals surface area contributed by atoms with E-state index >= 15 is 0 Å². The Hall–Kier alpha value is -5.46. The molecule has 0 radical (unpaired) electrons. The van der Waals surface area contributed by atoms with Gasteiger partial charge in [0, 0.05) is 33.9 Å². The van der Waals surface area contributed by atoms with Crippen LogP contribution >= 0.6 is 0 Å². The molecule has 2 N–H and O–H groups in total. The molecule has 38 heavy (non-hydrogen) atoms. The molecule has 7 rings (SSSR count). The number of esters is 1. The number of rotatable bonds is 2. The van der Waals surface area contributed by atoms with Crippen LogP contribution in [0.25, 0.3) is 32.3 Å². The molecule has 1 unspecified atom stereocenters. The molecule has 5 aromatic carbocycles. The molecule has 8 heteroatoms. The van der Waals surface area contributed by atoms with Gasteiger partial charge in [-0.25, -0.2) is 4.79 Å². The fourth-order valence-electron chi connectivity index (χ4n) is 5.65. The number of azide groups is 1. The monoisotopic (exact) mass is 499 g/mol. The van der Waals surface area contributed by atoms with Gasteiger partial charge >= 0.3 is 5.97 Å². The maximum absolute atomic E-state index is 13.3. The third-order valence-corrected chi connectivity index (χ3v) is 7.12. The molecular weight excluding hydrogens is 482 g/mol. The van der Waals surface area contributed by atoms with Crippen LogP contribution in [0.2, 0.25) is 0 Å². The summed E-state index contributed by atoms with van der Waals surface area (Å²) in [6.45, 7) is 0. The van der Waals surface area contributed by atoms with Gasteiger partial charge in [0.05, 0.1) is 11.1 Å². The Morgan fingerprint density at radius 2 is 1.50 bits per heavy atom. The van der Waals surface area contributed by atoms with Crippen LogP contribution in [0.4, 0.5) is 5.69 Å². The van der Waals surface area contributed by atoms with Crippen LogP contribution in [-0.4, -0.2) is 16.2 Å². The first-order valence-electron chi connectivity index (χ1n) is 11.8. The van der Waals surface area contributed by atoms with Crippen LogP contribution in [-0.2, 0) is 10.3 Å². The zero-order chi connectivity index (χ0) is 26.0. The standard InChI is InChI=1S/C30H17N3O5/c31-33-32-25-12-10-19(18-5-1-2-6-20(18)25)22-13-17(35)15-27-28(22)30(24-11-9-16(34)14-26(24)37-27)23-8-4-3-7-21(23)29(36)38-30/h1-15,34-35H. The molecule has 5 aromatic rings. The molecule has 2 aliphatic heterocycles. The van der Waals surface area contributed by atoms with Crippen molar-refractivity contribution in [3.8, 4) is 34.1 Å². The van der Waals surface area contributed by atoms with Gasteiger partial charge in [0.1, 0.15) is 23.0 Å². The van der Waals surface area contributed by atoms with E-state index in [0.29, 0.717) is 39.3 Å². The first kappa shape index (κ1) is 21.8. The number of benzene rings is 5. The Balaban J connectivity index is 1.63. The Bertz CT molecular complexity index is 1890. The lowest BCUT2D eigenvalue weighted by Gasteiger charge is -2.38. The van der Waals surface area contributed by atoms with E-state index < -0.39 is 11.6 Å². The molecule has 2 aliphatic rings. The molecule has 0 bridgehead atoms. The zero-order valence-corrected chi connectivity index (χ0v) is 19.6. The number of carbonyl (C=O) groups is 1. The molecule has 0 saturated heterocycles. The number of aromatic hydroxyl groups is 2. The van der Waals surface area contributed by atoms with Crippen molar-refractivity contribution in [2.75, 3.05) is 0 Å². The number of ether oxygens (including phenoxy) is 2.